The summed E-state index contributed by atoms with van der Waals surface area (Å²) in [4.78, 5) is 14.5. The molecule has 0 unspecified atom stereocenters. The Bertz CT molecular complexity index is 556. The summed E-state index contributed by atoms with van der Waals surface area (Å²) in [6.45, 7) is 3.20. The quantitative estimate of drug-likeness (QED) is 0.826. The summed E-state index contributed by atoms with van der Waals surface area (Å²) in [5.74, 6) is -0.581. The molecule has 0 aromatic heterocycles. The molecule has 1 aliphatic heterocycles. The van der Waals surface area contributed by atoms with Crippen LogP contribution >= 0.6 is 28.1 Å². The molecule has 1 amide bonds. The maximum atomic E-state index is 13.5. The first-order valence-electron chi connectivity index (χ1n) is 6.38. The summed E-state index contributed by atoms with van der Waals surface area (Å²) in [5.41, 5.74) is 5.93. The van der Waals surface area contributed by atoms with Crippen LogP contribution in [0.5, 0.6) is 0 Å². The fourth-order valence-corrected chi connectivity index (χ4v) is 2.71. The highest BCUT2D eigenvalue weighted by Crippen LogP contribution is 2.31. The third-order valence-corrected chi connectivity index (χ3v) is 5.05. The standard InChI is InChI=1S/C14H16BrFN2OS/c1-14(13(17)20)4-6-18(7-5-14)12(19)9-2-3-10(15)11(16)8-9/h2-3,8H,4-7H2,1H3,(H2,17,20). The van der Waals surface area contributed by atoms with Crippen molar-refractivity contribution in [2.75, 3.05) is 13.1 Å². The van der Waals surface area contributed by atoms with Gasteiger partial charge in [-0.25, -0.2) is 4.39 Å². The molecule has 6 heteroatoms. The Morgan fingerprint density at radius 3 is 2.55 bits per heavy atom. The Morgan fingerprint density at radius 1 is 1.45 bits per heavy atom. The minimum atomic E-state index is -0.430. The van der Waals surface area contributed by atoms with Crippen LogP contribution in [0.15, 0.2) is 22.7 Å². The molecule has 1 aliphatic rings. The second kappa shape index (κ2) is 5.77. The maximum absolute atomic E-state index is 13.5. The molecule has 2 N–H and O–H groups in total. The summed E-state index contributed by atoms with van der Waals surface area (Å²) in [5, 5.41) is 0. The molecule has 1 fully saturated rings. The summed E-state index contributed by atoms with van der Waals surface area (Å²) in [7, 11) is 0. The number of nitrogens with zero attached hydrogens (tertiary/aromatic N) is 1. The van der Waals surface area contributed by atoms with Gasteiger partial charge in [-0.1, -0.05) is 19.1 Å². The van der Waals surface area contributed by atoms with Gasteiger partial charge in [0.1, 0.15) is 5.82 Å². The van der Waals surface area contributed by atoms with E-state index in [0.29, 0.717) is 28.1 Å². The van der Waals surface area contributed by atoms with Crippen molar-refractivity contribution in [2.45, 2.75) is 19.8 Å². The van der Waals surface area contributed by atoms with Gasteiger partial charge in [-0.15, -0.1) is 0 Å². The Balaban J connectivity index is 2.08. The average Bonchev–Trinajstić information content (AvgIpc) is 2.42. The zero-order chi connectivity index (χ0) is 14.9. The molecule has 0 radical (unpaired) electrons. The first-order chi connectivity index (χ1) is 9.33. The lowest BCUT2D eigenvalue weighted by molar-refractivity contribution is 0.0669. The van der Waals surface area contributed by atoms with Crippen LogP contribution in [0.1, 0.15) is 30.1 Å². The number of thiocarbonyl (C=S) groups is 1. The molecular weight excluding hydrogens is 343 g/mol. The Hall–Kier alpha value is -1.01. The van der Waals surface area contributed by atoms with Gasteiger partial charge in [0.2, 0.25) is 0 Å². The molecule has 1 saturated heterocycles. The maximum Gasteiger partial charge on any atom is 0.253 e. The van der Waals surface area contributed by atoms with Gasteiger partial charge in [0, 0.05) is 24.1 Å². The normalized spacial score (nSPS) is 17.9. The molecular formula is C14H16BrFN2OS. The van der Waals surface area contributed by atoms with Gasteiger partial charge >= 0.3 is 0 Å². The van der Waals surface area contributed by atoms with Crippen molar-refractivity contribution in [3.05, 3.63) is 34.1 Å². The van der Waals surface area contributed by atoms with Gasteiger partial charge in [0.05, 0.1) is 9.46 Å². The largest absolute Gasteiger partial charge is 0.393 e. The summed E-state index contributed by atoms with van der Waals surface area (Å²) in [6, 6.07) is 4.43. The first kappa shape index (κ1) is 15.4. The lowest BCUT2D eigenvalue weighted by Gasteiger charge is -2.38. The molecule has 0 atom stereocenters. The highest BCUT2D eigenvalue weighted by Gasteiger charge is 2.34. The zero-order valence-electron chi connectivity index (χ0n) is 11.2. The van der Waals surface area contributed by atoms with Crippen molar-refractivity contribution in [1.82, 2.24) is 4.90 Å². The van der Waals surface area contributed by atoms with E-state index in [1.165, 1.54) is 6.07 Å². The van der Waals surface area contributed by atoms with Crippen LogP contribution in [0.25, 0.3) is 0 Å². The van der Waals surface area contributed by atoms with Crippen molar-refractivity contribution in [3.63, 3.8) is 0 Å². The molecule has 3 nitrogen and oxygen atoms in total. The van der Waals surface area contributed by atoms with Crippen LogP contribution in [-0.2, 0) is 0 Å². The Morgan fingerprint density at radius 2 is 2.05 bits per heavy atom. The third-order valence-electron chi connectivity index (χ3n) is 3.92. The predicted octanol–water partition coefficient (Wildman–Crippen LogP) is 3.12. The van der Waals surface area contributed by atoms with Gasteiger partial charge in [0.25, 0.3) is 5.91 Å². The summed E-state index contributed by atoms with van der Waals surface area (Å²) in [6.07, 6.45) is 1.49. The van der Waals surface area contributed by atoms with Crippen molar-refractivity contribution >= 4 is 39.0 Å². The molecule has 2 rings (SSSR count). The van der Waals surface area contributed by atoms with E-state index in [-0.39, 0.29) is 11.3 Å². The fourth-order valence-electron chi connectivity index (χ4n) is 2.26. The number of likely N-dealkylation sites (tertiary alicyclic amines) is 1. The highest BCUT2D eigenvalue weighted by molar-refractivity contribution is 9.10. The molecule has 0 bridgehead atoms. The van der Waals surface area contributed by atoms with Crippen molar-refractivity contribution in [2.24, 2.45) is 11.1 Å². The van der Waals surface area contributed by atoms with Crippen LogP contribution in [0.4, 0.5) is 4.39 Å². The monoisotopic (exact) mass is 358 g/mol. The lowest BCUT2D eigenvalue weighted by atomic mass is 9.80. The van der Waals surface area contributed by atoms with Crippen molar-refractivity contribution in [1.29, 1.82) is 0 Å². The number of carbonyl (C=O) groups excluding carboxylic acids is 1. The van der Waals surface area contributed by atoms with Gasteiger partial charge in [-0.3, -0.25) is 4.79 Å². The molecule has 20 heavy (non-hydrogen) atoms. The van der Waals surface area contributed by atoms with E-state index in [0.717, 1.165) is 12.8 Å². The number of halogens is 2. The number of amides is 1. The van der Waals surface area contributed by atoms with Crippen molar-refractivity contribution < 1.29 is 9.18 Å². The van der Waals surface area contributed by atoms with Gasteiger partial charge in [-0.05, 0) is 47.0 Å². The van der Waals surface area contributed by atoms with E-state index < -0.39 is 5.82 Å². The minimum Gasteiger partial charge on any atom is -0.393 e. The fraction of sp³-hybridized carbons (Fsp3) is 0.429. The summed E-state index contributed by atoms with van der Waals surface area (Å²) < 4.78 is 13.8. The van der Waals surface area contributed by atoms with E-state index in [4.69, 9.17) is 18.0 Å². The SMILES string of the molecule is CC1(C(N)=S)CCN(C(=O)c2ccc(Br)c(F)c2)CC1. The zero-order valence-corrected chi connectivity index (χ0v) is 13.6. The Kier molecular flexibility index (Phi) is 4.44. The van der Waals surface area contributed by atoms with E-state index >= 15 is 0 Å². The van der Waals surface area contributed by atoms with Gasteiger partial charge in [-0.2, -0.15) is 0 Å². The van der Waals surface area contributed by atoms with Crippen LogP contribution in [0, 0.1) is 11.2 Å². The number of rotatable bonds is 2. The second-order valence-electron chi connectivity index (χ2n) is 5.35. The van der Waals surface area contributed by atoms with E-state index in [1.54, 1.807) is 17.0 Å². The molecule has 1 aromatic rings. The number of piperidine rings is 1. The number of carbonyl (C=O) groups is 1. The van der Waals surface area contributed by atoms with E-state index in [2.05, 4.69) is 15.9 Å². The number of nitrogens with two attached hydrogens (primary N) is 1. The molecule has 0 spiro atoms. The molecule has 0 saturated carbocycles. The average molecular weight is 359 g/mol. The first-order valence-corrected chi connectivity index (χ1v) is 7.58. The van der Waals surface area contributed by atoms with Crippen LogP contribution in [0.3, 0.4) is 0 Å². The second-order valence-corrected chi connectivity index (χ2v) is 6.64. The number of hydrogen-bond acceptors (Lipinski definition) is 2. The minimum absolute atomic E-state index is 0.151. The van der Waals surface area contributed by atoms with Crippen LogP contribution < -0.4 is 5.73 Å². The Labute approximate surface area is 131 Å². The van der Waals surface area contributed by atoms with Crippen LogP contribution in [0.2, 0.25) is 0 Å². The van der Waals surface area contributed by atoms with E-state index in [9.17, 15) is 9.18 Å². The number of benzene rings is 1. The molecule has 1 heterocycles. The van der Waals surface area contributed by atoms with Crippen LogP contribution in [-0.4, -0.2) is 28.9 Å². The molecule has 0 aliphatic carbocycles. The predicted molar refractivity (Wildman–Crippen MR) is 84.1 cm³/mol. The highest BCUT2D eigenvalue weighted by atomic mass is 79.9. The van der Waals surface area contributed by atoms with Gasteiger partial charge < -0.3 is 10.6 Å². The van der Waals surface area contributed by atoms with Gasteiger partial charge in [0.15, 0.2) is 0 Å². The topological polar surface area (TPSA) is 46.3 Å². The van der Waals surface area contributed by atoms with E-state index in [1.807, 2.05) is 6.92 Å². The van der Waals surface area contributed by atoms with Crippen molar-refractivity contribution in [3.8, 4) is 0 Å². The lowest BCUT2D eigenvalue weighted by Crippen LogP contribution is -2.46. The molecule has 1 aromatic carbocycles. The summed E-state index contributed by atoms with van der Waals surface area (Å²) >= 11 is 8.15. The smallest absolute Gasteiger partial charge is 0.253 e. The third kappa shape index (κ3) is 3.01. The molecule has 108 valence electrons. The number of hydrogen-bond donors (Lipinski definition) is 1.